The predicted octanol–water partition coefficient (Wildman–Crippen LogP) is 3.28. The van der Waals surface area contributed by atoms with Crippen LogP contribution in [0.4, 0.5) is 0 Å². The summed E-state index contributed by atoms with van der Waals surface area (Å²) in [6, 6.07) is 10.3. The molecule has 3 nitrogen and oxygen atoms in total. The van der Waals surface area contributed by atoms with E-state index in [4.69, 9.17) is 9.47 Å². The Morgan fingerprint density at radius 2 is 1.86 bits per heavy atom. The Labute approximate surface area is 128 Å². The number of hydrogen-bond acceptors (Lipinski definition) is 3. The van der Waals surface area contributed by atoms with Gasteiger partial charge in [-0.25, -0.2) is 0 Å². The zero-order chi connectivity index (χ0) is 14.4. The van der Waals surface area contributed by atoms with Crippen LogP contribution in [0.3, 0.4) is 0 Å². The second-order valence-electron chi connectivity index (χ2n) is 6.47. The lowest BCUT2D eigenvalue weighted by atomic mass is 9.92. The average molecular weight is 289 g/mol. The van der Waals surface area contributed by atoms with Crippen LogP contribution in [0.2, 0.25) is 0 Å². The molecule has 1 atom stereocenters. The van der Waals surface area contributed by atoms with Crippen LogP contribution in [0.1, 0.15) is 44.1 Å². The SMILES string of the molecule is c1ccc(COCC2CNCC3(CCCCCC3)O2)cc1. The van der Waals surface area contributed by atoms with Gasteiger partial charge in [-0.1, -0.05) is 56.0 Å². The number of benzene rings is 1. The van der Waals surface area contributed by atoms with Gasteiger partial charge in [0, 0.05) is 13.1 Å². The van der Waals surface area contributed by atoms with Crippen molar-refractivity contribution >= 4 is 0 Å². The lowest BCUT2D eigenvalue weighted by molar-refractivity contribution is -0.145. The van der Waals surface area contributed by atoms with Crippen molar-refractivity contribution in [2.75, 3.05) is 19.7 Å². The van der Waals surface area contributed by atoms with Crippen LogP contribution in [-0.2, 0) is 16.1 Å². The Bertz CT molecular complexity index is 412. The number of rotatable bonds is 4. The molecule has 1 spiro atoms. The van der Waals surface area contributed by atoms with E-state index in [0.29, 0.717) is 13.2 Å². The summed E-state index contributed by atoms with van der Waals surface area (Å²) in [6.45, 7) is 3.29. The third kappa shape index (κ3) is 4.29. The lowest BCUT2D eigenvalue weighted by Gasteiger charge is -2.41. The number of hydrogen-bond donors (Lipinski definition) is 1. The standard InChI is InChI=1S/C18H27NO2/c1-2-7-11-18(10-6-1)15-19-12-17(21-18)14-20-13-16-8-4-3-5-9-16/h3-5,8-9,17,19H,1-2,6-7,10-15H2. The zero-order valence-corrected chi connectivity index (χ0v) is 12.9. The van der Waals surface area contributed by atoms with Gasteiger partial charge in [-0.2, -0.15) is 0 Å². The maximum atomic E-state index is 6.45. The van der Waals surface area contributed by atoms with Crippen molar-refractivity contribution in [2.24, 2.45) is 0 Å². The maximum absolute atomic E-state index is 6.45. The van der Waals surface area contributed by atoms with Crippen molar-refractivity contribution < 1.29 is 9.47 Å². The van der Waals surface area contributed by atoms with Crippen LogP contribution in [0.5, 0.6) is 0 Å². The van der Waals surface area contributed by atoms with Gasteiger partial charge in [0.15, 0.2) is 0 Å². The third-order valence-electron chi connectivity index (χ3n) is 4.67. The summed E-state index contributed by atoms with van der Waals surface area (Å²) in [5, 5.41) is 3.57. The molecule has 1 aromatic carbocycles. The molecule has 0 aromatic heterocycles. The number of ether oxygens (including phenoxy) is 2. The second kappa shape index (κ2) is 7.39. The molecule has 1 heterocycles. The van der Waals surface area contributed by atoms with Gasteiger partial charge in [-0.3, -0.25) is 0 Å². The number of nitrogens with one attached hydrogen (secondary N) is 1. The van der Waals surface area contributed by atoms with E-state index in [2.05, 4.69) is 29.6 Å². The van der Waals surface area contributed by atoms with Crippen molar-refractivity contribution in [1.82, 2.24) is 5.32 Å². The van der Waals surface area contributed by atoms with E-state index in [-0.39, 0.29) is 11.7 Å². The van der Waals surface area contributed by atoms with Crippen LogP contribution < -0.4 is 5.32 Å². The quantitative estimate of drug-likeness (QED) is 0.922. The molecule has 116 valence electrons. The molecule has 1 aromatic rings. The molecule has 2 aliphatic rings. The molecule has 1 saturated carbocycles. The monoisotopic (exact) mass is 289 g/mol. The molecule has 1 N–H and O–H groups in total. The molecule has 21 heavy (non-hydrogen) atoms. The molecular formula is C18H27NO2. The topological polar surface area (TPSA) is 30.5 Å². The Morgan fingerprint density at radius 1 is 1.10 bits per heavy atom. The van der Waals surface area contributed by atoms with Crippen molar-refractivity contribution in [2.45, 2.75) is 56.8 Å². The average Bonchev–Trinajstić information content (AvgIpc) is 2.74. The highest BCUT2D eigenvalue weighted by molar-refractivity contribution is 5.13. The molecule has 1 aliphatic heterocycles. The fraction of sp³-hybridized carbons (Fsp3) is 0.667. The third-order valence-corrected chi connectivity index (χ3v) is 4.67. The minimum atomic E-state index is 0.0789. The highest BCUT2D eigenvalue weighted by Gasteiger charge is 2.37. The van der Waals surface area contributed by atoms with Crippen LogP contribution in [0, 0.1) is 0 Å². The van der Waals surface area contributed by atoms with E-state index in [1.807, 2.05) is 6.07 Å². The number of morpholine rings is 1. The van der Waals surface area contributed by atoms with Gasteiger partial charge >= 0.3 is 0 Å². The molecule has 1 unspecified atom stereocenters. The Hall–Kier alpha value is -0.900. The highest BCUT2D eigenvalue weighted by atomic mass is 16.5. The van der Waals surface area contributed by atoms with Gasteiger partial charge in [0.05, 0.1) is 24.9 Å². The van der Waals surface area contributed by atoms with Crippen molar-refractivity contribution in [3.63, 3.8) is 0 Å². The Morgan fingerprint density at radius 3 is 2.62 bits per heavy atom. The van der Waals surface area contributed by atoms with Gasteiger partial charge in [-0.15, -0.1) is 0 Å². The Kier molecular flexibility index (Phi) is 5.28. The van der Waals surface area contributed by atoms with Gasteiger partial charge in [0.25, 0.3) is 0 Å². The van der Waals surface area contributed by atoms with Crippen molar-refractivity contribution in [3.8, 4) is 0 Å². The first-order valence-corrected chi connectivity index (χ1v) is 8.37. The Balaban J connectivity index is 1.47. The summed E-state index contributed by atoms with van der Waals surface area (Å²) < 4.78 is 12.3. The summed E-state index contributed by atoms with van der Waals surface area (Å²) in [6.07, 6.45) is 7.93. The largest absolute Gasteiger partial charge is 0.374 e. The summed E-state index contributed by atoms with van der Waals surface area (Å²) in [7, 11) is 0. The van der Waals surface area contributed by atoms with E-state index in [1.54, 1.807) is 0 Å². The van der Waals surface area contributed by atoms with Crippen molar-refractivity contribution in [3.05, 3.63) is 35.9 Å². The minimum Gasteiger partial charge on any atom is -0.374 e. The van der Waals surface area contributed by atoms with E-state index in [9.17, 15) is 0 Å². The molecular weight excluding hydrogens is 262 g/mol. The smallest absolute Gasteiger partial charge is 0.0940 e. The molecule has 1 aliphatic carbocycles. The first kappa shape index (κ1) is 15.0. The summed E-state index contributed by atoms with van der Waals surface area (Å²) >= 11 is 0. The first-order chi connectivity index (χ1) is 10.4. The van der Waals surface area contributed by atoms with E-state index in [0.717, 1.165) is 13.1 Å². The molecule has 0 radical (unpaired) electrons. The van der Waals surface area contributed by atoms with E-state index in [1.165, 1.54) is 44.1 Å². The molecule has 3 heteroatoms. The van der Waals surface area contributed by atoms with Gasteiger partial charge in [0.2, 0.25) is 0 Å². The van der Waals surface area contributed by atoms with Crippen LogP contribution in [-0.4, -0.2) is 31.4 Å². The molecule has 0 bridgehead atoms. The highest BCUT2D eigenvalue weighted by Crippen LogP contribution is 2.32. The fourth-order valence-electron chi connectivity index (χ4n) is 3.54. The lowest BCUT2D eigenvalue weighted by Crippen LogP contribution is -2.54. The molecule has 1 saturated heterocycles. The van der Waals surface area contributed by atoms with Gasteiger partial charge in [0.1, 0.15) is 0 Å². The van der Waals surface area contributed by atoms with Crippen molar-refractivity contribution in [1.29, 1.82) is 0 Å². The second-order valence-corrected chi connectivity index (χ2v) is 6.47. The van der Waals surface area contributed by atoms with Gasteiger partial charge < -0.3 is 14.8 Å². The summed E-state index contributed by atoms with van der Waals surface area (Å²) in [5.74, 6) is 0. The van der Waals surface area contributed by atoms with Crippen LogP contribution >= 0.6 is 0 Å². The zero-order valence-electron chi connectivity index (χ0n) is 12.9. The molecule has 0 amide bonds. The molecule has 2 fully saturated rings. The predicted molar refractivity (Wildman–Crippen MR) is 84.3 cm³/mol. The summed E-state index contributed by atoms with van der Waals surface area (Å²) in [5.41, 5.74) is 1.31. The first-order valence-electron chi connectivity index (χ1n) is 8.37. The summed E-state index contributed by atoms with van der Waals surface area (Å²) in [4.78, 5) is 0. The fourth-order valence-corrected chi connectivity index (χ4v) is 3.54. The minimum absolute atomic E-state index is 0.0789. The van der Waals surface area contributed by atoms with Crippen LogP contribution in [0.15, 0.2) is 30.3 Å². The molecule has 3 rings (SSSR count). The van der Waals surface area contributed by atoms with E-state index >= 15 is 0 Å². The maximum Gasteiger partial charge on any atom is 0.0940 e. The van der Waals surface area contributed by atoms with E-state index < -0.39 is 0 Å². The normalized spacial score (nSPS) is 25.6. The van der Waals surface area contributed by atoms with Crippen LogP contribution in [0.25, 0.3) is 0 Å². The van der Waals surface area contributed by atoms with Gasteiger partial charge in [-0.05, 0) is 18.4 Å².